The molecule has 1 heterocycles. The molecule has 0 aliphatic carbocycles. The van der Waals surface area contributed by atoms with Crippen LogP contribution in [-0.4, -0.2) is 0 Å². The molecule has 3 aromatic rings. The van der Waals surface area contributed by atoms with Crippen LogP contribution in [0.25, 0.3) is 22.3 Å². The van der Waals surface area contributed by atoms with Gasteiger partial charge in [0.05, 0.1) is 0 Å². The molecule has 0 fully saturated rings. The first kappa shape index (κ1) is 16.4. The highest BCUT2D eigenvalue weighted by Crippen LogP contribution is 2.40. The largest absolute Gasteiger partial charge is 0.460 e. The van der Waals surface area contributed by atoms with E-state index in [1.54, 1.807) is 0 Å². The summed E-state index contributed by atoms with van der Waals surface area (Å²) in [6, 6.07) is 23.8. The van der Waals surface area contributed by atoms with E-state index in [0.717, 1.165) is 23.5 Å². The molecule has 0 aromatic heterocycles. The van der Waals surface area contributed by atoms with Gasteiger partial charge in [0.2, 0.25) is 0 Å². The Morgan fingerprint density at radius 1 is 0.808 bits per heavy atom. The SMILES string of the molecule is C/C=C\C=C1/Cc2cccc(-c3ccc(-c4ccc(C)cc4)cc3)c2O1. The highest BCUT2D eigenvalue weighted by atomic mass is 16.5. The van der Waals surface area contributed by atoms with Crippen molar-refractivity contribution in [3.63, 3.8) is 0 Å². The van der Waals surface area contributed by atoms with Gasteiger partial charge in [0, 0.05) is 17.5 Å². The molecular weight excluding hydrogens is 316 g/mol. The number of allylic oxidation sites excluding steroid dienone is 4. The van der Waals surface area contributed by atoms with Crippen molar-refractivity contribution >= 4 is 0 Å². The minimum Gasteiger partial charge on any atom is -0.460 e. The van der Waals surface area contributed by atoms with Crippen molar-refractivity contribution < 1.29 is 4.74 Å². The van der Waals surface area contributed by atoms with Crippen LogP contribution in [0.2, 0.25) is 0 Å². The summed E-state index contributed by atoms with van der Waals surface area (Å²) in [6.45, 7) is 4.13. The molecule has 0 bridgehead atoms. The van der Waals surface area contributed by atoms with Crippen molar-refractivity contribution in [3.8, 4) is 28.0 Å². The van der Waals surface area contributed by atoms with Gasteiger partial charge in [0.1, 0.15) is 11.5 Å². The maximum atomic E-state index is 6.13. The molecule has 1 nitrogen and oxygen atoms in total. The van der Waals surface area contributed by atoms with Crippen LogP contribution >= 0.6 is 0 Å². The van der Waals surface area contributed by atoms with E-state index >= 15 is 0 Å². The predicted molar refractivity (Wildman–Crippen MR) is 109 cm³/mol. The zero-order chi connectivity index (χ0) is 17.9. The molecular formula is C25H22O. The summed E-state index contributed by atoms with van der Waals surface area (Å²) < 4.78 is 6.13. The number of rotatable bonds is 3. The lowest BCUT2D eigenvalue weighted by Crippen LogP contribution is -1.88. The lowest BCUT2D eigenvalue weighted by atomic mass is 9.98. The van der Waals surface area contributed by atoms with E-state index in [-0.39, 0.29) is 0 Å². The summed E-state index contributed by atoms with van der Waals surface area (Å²) in [5.41, 5.74) is 7.35. The summed E-state index contributed by atoms with van der Waals surface area (Å²) in [6.07, 6.45) is 6.94. The Morgan fingerprint density at radius 3 is 2.15 bits per heavy atom. The molecule has 4 rings (SSSR count). The van der Waals surface area contributed by atoms with Gasteiger partial charge >= 0.3 is 0 Å². The van der Waals surface area contributed by atoms with Crippen molar-refractivity contribution in [2.45, 2.75) is 20.3 Å². The van der Waals surface area contributed by atoms with E-state index in [2.05, 4.69) is 73.7 Å². The standard InChI is InChI=1S/C25H22O/c1-3-4-7-23-17-22-6-5-8-24(25(22)26-23)21-15-13-20(14-16-21)19-11-9-18(2)10-12-19/h3-16H,17H2,1-2H3/b4-3-,23-7+. The average molecular weight is 338 g/mol. The first-order valence-corrected chi connectivity index (χ1v) is 9.03. The molecule has 0 radical (unpaired) electrons. The predicted octanol–water partition coefficient (Wildman–Crippen LogP) is 6.72. The normalized spacial score (nSPS) is 14.6. The van der Waals surface area contributed by atoms with Gasteiger partial charge in [-0.2, -0.15) is 0 Å². The van der Waals surface area contributed by atoms with Crippen molar-refractivity contribution in [2.75, 3.05) is 0 Å². The summed E-state index contributed by atoms with van der Waals surface area (Å²) >= 11 is 0. The van der Waals surface area contributed by atoms with Gasteiger partial charge in [0.15, 0.2) is 0 Å². The zero-order valence-corrected chi connectivity index (χ0v) is 15.2. The second-order valence-corrected chi connectivity index (χ2v) is 6.67. The van der Waals surface area contributed by atoms with Crippen LogP contribution in [0.5, 0.6) is 5.75 Å². The Bertz CT molecular complexity index is 974. The quantitative estimate of drug-likeness (QED) is 0.515. The van der Waals surface area contributed by atoms with E-state index in [1.165, 1.54) is 27.8 Å². The summed E-state index contributed by atoms with van der Waals surface area (Å²) in [7, 11) is 0. The van der Waals surface area contributed by atoms with Crippen LogP contribution < -0.4 is 4.74 Å². The van der Waals surface area contributed by atoms with Crippen molar-refractivity contribution in [3.05, 3.63) is 102 Å². The minimum atomic E-state index is 0.856. The smallest absolute Gasteiger partial charge is 0.138 e. The van der Waals surface area contributed by atoms with Crippen LogP contribution in [0.4, 0.5) is 0 Å². The zero-order valence-electron chi connectivity index (χ0n) is 15.2. The molecule has 1 aliphatic heterocycles. The third-order valence-electron chi connectivity index (χ3n) is 4.75. The molecule has 0 unspecified atom stereocenters. The van der Waals surface area contributed by atoms with E-state index < -0.39 is 0 Å². The Morgan fingerprint density at radius 2 is 1.46 bits per heavy atom. The first-order chi connectivity index (χ1) is 12.7. The molecule has 26 heavy (non-hydrogen) atoms. The third kappa shape index (κ3) is 3.21. The topological polar surface area (TPSA) is 9.23 Å². The Balaban J connectivity index is 1.66. The highest BCUT2D eigenvalue weighted by Gasteiger charge is 2.20. The van der Waals surface area contributed by atoms with Crippen LogP contribution in [-0.2, 0) is 6.42 Å². The maximum absolute atomic E-state index is 6.13. The molecule has 3 aromatic carbocycles. The maximum Gasteiger partial charge on any atom is 0.138 e. The molecule has 128 valence electrons. The molecule has 0 atom stereocenters. The highest BCUT2D eigenvalue weighted by molar-refractivity contribution is 5.76. The van der Waals surface area contributed by atoms with Crippen LogP contribution in [0.1, 0.15) is 18.1 Å². The molecule has 0 saturated carbocycles. The Labute approximate surface area is 155 Å². The fourth-order valence-electron chi connectivity index (χ4n) is 3.31. The van der Waals surface area contributed by atoms with Gasteiger partial charge in [-0.05, 0) is 36.6 Å². The number of para-hydroxylation sites is 1. The van der Waals surface area contributed by atoms with Crippen molar-refractivity contribution in [1.29, 1.82) is 0 Å². The van der Waals surface area contributed by atoms with Crippen molar-refractivity contribution in [2.24, 2.45) is 0 Å². The van der Waals surface area contributed by atoms with E-state index in [4.69, 9.17) is 4.74 Å². The van der Waals surface area contributed by atoms with Gasteiger partial charge in [-0.25, -0.2) is 0 Å². The number of hydrogen-bond donors (Lipinski definition) is 0. The average Bonchev–Trinajstić information content (AvgIpc) is 3.10. The van der Waals surface area contributed by atoms with Gasteiger partial charge in [-0.3, -0.25) is 0 Å². The molecule has 0 spiro atoms. The number of aryl methyl sites for hydroxylation is 1. The lowest BCUT2D eigenvalue weighted by molar-refractivity contribution is 0.448. The van der Waals surface area contributed by atoms with Gasteiger partial charge in [0.25, 0.3) is 0 Å². The van der Waals surface area contributed by atoms with Crippen LogP contribution in [0, 0.1) is 6.92 Å². The van der Waals surface area contributed by atoms with Gasteiger partial charge in [-0.1, -0.05) is 84.4 Å². The Kier molecular flexibility index (Phi) is 4.45. The first-order valence-electron chi connectivity index (χ1n) is 9.03. The van der Waals surface area contributed by atoms with Gasteiger partial charge in [-0.15, -0.1) is 0 Å². The van der Waals surface area contributed by atoms with E-state index in [0.29, 0.717) is 0 Å². The number of fused-ring (bicyclic) bond motifs is 1. The second kappa shape index (κ2) is 7.05. The van der Waals surface area contributed by atoms with Crippen LogP contribution in [0.15, 0.2) is 90.7 Å². The minimum absolute atomic E-state index is 0.856. The van der Waals surface area contributed by atoms with Crippen molar-refractivity contribution in [1.82, 2.24) is 0 Å². The number of benzene rings is 3. The van der Waals surface area contributed by atoms with Gasteiger partial charge < -0.3 is 4.74 Å². The summed E-state index contributed by atoms with van der Waals surface area (Å²) in [5, 5.41) is 0. The van der Waals surface area contributed by atoms with E-state index in [1.807, 2.05) is 25.2 Å². The summed E-state index contributed by atoms with van der Waals surface area (Å²) in [5.74, 6) is 1.99. The molecule has 0 saturated heterocycles. The lowest BCUT2D eigenvalue weighted by Gasteiger charge is -2.09. The van der Waals surface area contributed by atoms with E-state index in [9.17, 15) is 0 Å². The number of hydrogen-bond acceptors (Lipinski definition) is 1. The molecule has 0 amide bonds. The van der Waals surface area contributed by atoms with Crippen LogP contribution in [0.3, 0.4) is 0 Å². The molecule has 0 N–H and O–H groups in total. The second-order valence-electron chi connectivity index (χ2n) is 6.67. The monoisotopic (exact) mass is 338 g/mol. The fraction of sp³-hybridized carbons (Fsp3) is 0.120. The number of ether oxygens (including phenoxy) is 1. The molecule has 1 aliphatic rings. The fourth-order valence-corrected chi connectivity index (χ4v) is 3.31. The third-order valence-corrected chi connectivity index (χ3v) is 4.75. The summed E-state index contributed by atoms with van der Waals surface area (Å²) in [4.78, 5) is 0. The molecule has 1 heteroatoms. The Hall–Kier alpha value is -3.06.